The molecule has 3 heterocycles. The van der Waals surface area contributed by atoms with E-state index in [1.54, 1.807) is 42.6 Å². The van der Waals surface area contributed by atoms with Crippen LogP contribution in [0.25, 0.3) is 10.9 Å². The van der Waals surface area contributed by atoms with E-state index in [0.717, 1.165) is 5.39 Å². The van der Waals surface area contributed by atoms with Crippen LogP contribution in [-0.4, -0.2) is 66.6 Å². The fourth-order valence-corrected chi connectivity index (χ4v) is 3.60. The maximum atomic E-state index is 12.8. The largest absolute Gasteiger partial charge is 0.383 e. The van der Waals surface area contributed by atoms with Crippen LogP contribution in [0.4, 0.5) is 0 Å². The summed E-state index contributed by atoms with van der Waals surface area (Å²) in [5.74, 6) is -0.296. The molecule has 0 spiro atoms. The minimum absolute atomic E-state index is 0.0975. The van der Waals surface area contributed by atoms with Gasteiger partial charge in [0.05, 0.1) is 42.1 Å². The number of fused-ring (bicyclic) bond motifs is 1. The van der Waals surface area contributed by atoms with Gasteiger partial charge in [-0.1, -0.05) is 18.2 Å². The van der Waals surface area contributed by atoms with Gasteiger partial charge >= 0.3 is 0 Å². The predicted molar refractivity (Wildman–Crippen MR) is 115 cm³/mol. The quantitative estimate of drug-likeness (QED) is 0.615. The third kappa shape index (κ3) is 4.70. The zero-order valence-corrected chi connectivity index (χ0v) is 17.3. The van der Waals surface area contributed by atoms with Gasteiger partial charge in [-0.15, -0.1) is 0 Å². The SMILES string of the molecule is COCCNC(=O)c1cc([C@@H]2CN(C(=O)c3cccnc3)CCO2)nc2ccccc12. The highest BCUT2D eigenvalue weighted by Gasteiger charge is 2.28. The summed E-state index contributed by atoms with van der Waals surface area (Å²) in [7, 11) is 1.59. The lowest BCUT2D eigenvalue weighted by Gasteiger charge is -2.33. The molecule has 0 radical (unpaired) electrons. The van der Waals surface area contributed by atoms with E-state index in [1.807, 2.05) is 24.3 Å². The number of benzene rings is 1. The predicted octanol–water partition coefficient (Wildman–Crippen LogP) is 2.22. The molecule has 2 amide bonds. The summed E-state index contributed by atoms with van der Waals surface area (Å²) in [5.41, 5.74) is 2.39. The molecule has 0 aliphatic carbocycles. The summed E-state index contributed by atoms with van der Waals surface area (Å²) >= 11 is 0. The van der Waals surface area contributed by atoms with Crippen molar-refractivity contribution in [2.24, 2.45) is 0 Å². The van der Waals surface area contributed by atoms with Gasteiger partial charge in [0.15, 0.2) is 0 Å². The van der Waals surface area contributed by atoms with Gasteiger partial charge in [0.1, 0.15) is 6.10 Å². The number of pyridine rings is 2. The van der Waals surface area contributed by atoms with Crippen molar-refractivity contribution in [2.75, 3.05) is 40.0 Å². The second-order valence-corrected chi connectivity index (χ2v) is 7.21. The molecule has 1 saturated heterocycles. The van der Waals surface area contributed by atoms with E-state index in [1.165, 1.54) is 0 Å². The van der Waals surface area contributed by atoms with E-state index in [4.69, 9.17) is 14.5 Å². The third-order valence-corrected chi connectivity index (χ3v) is 5.16. The molecule has 1 aromatic carbocycles. The van der Waals surface area contributed by atoms with Crippen LogP contribution in [0.5, 0.6) is 0 Å². The van der Waals surface area contributed by atoms with Crippen LogP contribution in [0.3, 0.4) is 0 Å². The Morgan fingerprint density at radius 1 is 1.26 bits per heavy atom. The van der Waals surface area contributed by atoms with Crippen molar-refractivity contribution in [3.05, 3.63) is 71.7 Å². The van der Waals surface area contributed by atoms with E-state index in [9.17, 15) is 9.59 Å². The number of amides is 2. The van der Waals surface area contributed by atoms with Crippen LogP contribution < -0.4 is 5.32 Å². The van der Waals surface area contributed by atoms with Gasteiger partial charge in [0.25, 0.3) is 11.8 Å². The zero-order valence-electron chi connectivity index (χ0n) is 17.3. The Kier molecular flexibility index (Phi) is 6.49. The number of methoxy groups -OCH3 is 1. The Labute approximate surface area is 180 Å². The van der Waals surface area contributed by atoms with Crippen molar-refractivity contribution >= 4 is 22.7 Å². The molecule has 8 nitrogen and oxygen atoms in total. The first-order valence-corrected chi connectivity index (χ1v) is 10.1. The number of carbonyl (C=O) groups is 2. The first-order valence-electron chi connectivity index (χ1n) is 10.1. The van der Waals surface area contributed by atoms with Gasteiger partial charge in [-0.25, -0.2) is 4.98 Å². The summed E-state index contributed by atoms with van der Waals surface area (Å²) in [6.45, 7) is 2.07. The van der Waals surface area contributed by atoms with Gasteiger partial charge in [0.2, 0.25) is 0 Å². The van der Waals surface area contributed by atoms with Crippen LogP contribution in [0, 0.1) is 0 Å². The molecule has 0 saturated carbocycles. The van der Waals surface area contributed by atoms with Crippen molar-refractivity contribution in [2.45, 2.75) is 6.10 Å². The zero-order chi connectivity index (χ0) is 21.6. The number of rotatable bonds is 6. The highest BCUT2D eigenvalue weighted by Crippen LogP contribution is 2.26. The maximum Gasteiger partial charge on any atom is 0.255 e. The number of aromatic nitrogens is 2. The number of nitrogens with one attached hydrogen (secondary N) is 1. The first kappa shape index (κ1) is 20.9. The van der Waals surface area contributed by atoms with Crippen molar-refractivity contribution in [3.63, 3.8) is 0 Å². The average Bonchev–Trinajstić information content (AvgIpc) is 2.83. The molecular weight excluding hydrogens is 396 g/mol. The minimum atomic E-state index is -0.426. The van der Waals surface area contributed by atoms with Crippen molar-refractivity contribution < 1.29 is 19.1 Å². The molecule has 160 valence electrons. The Morgan fingerprint density at radius 2 is 2.13 bits per heavy atom. The number of para-hydroxylation sites is 1. The molecule has 4 rings (SSSR count). The molecule has 1 N–H and O–H groups in total. The number of hydrogen-bond acceptors (Lipinski definition) is 6. The minimum Gasteiger partial charge on any atom is -0.383 e. The second kappa shape index (κ2) is 9.63. The van der Waals surface area contributed by atoms with E-state index in [-0.39, 0.29) is 11.8 Å². The number of hydrogen-bond donors (Lipinski definition) is 1. The van der Waals surface area contributed by atoms with Crippen molar-refractivity contribution in [3.8, 4) is 0 Å². The summed E-state index contributed by atoms with van der Waals surface area (Å²) in [4.78, 5) is 36.2. The summed E-state index contributed by atoms with van der Waals surface area (Å²) in [6.07, 6.45) is 2.77. The monoisotopic (exact) mass is 420 g/mol. The molecule has 3 aromatic rings. The van der Waals surface area contributed by atoms with Crippen LogP contribution in [0.1, 0.15) is 32.5 Å². The molecule has 8 heteroatoms. The molecule has 2 aromatic heterocycles. The van der Waals surface area contributed by atoms with Crippen LogP contribution in [0.2, 0.25) is 0 Å². The number of ether oxygens (including phenoxy) is 2. The van der Waals surface area contributed by atoms with E-state index in [2.05, 4.69) is 10.3 Å². The van der Waals surface area contributed by atoms with E-state index < -0.39 is 6.10 Å². The third-order valence-electron chi connectivity index (χ3n) is 5.16. The highest BCUT2D eigenvalue weighted by atomic mass is 16.5. The topological polar surface area (TPSA) is 93.7 Å². The molecule has 0 bridgehead atoms. The van der Waals surface area contributed by atoms with Gasteiger partial charge in [-0.05, 0) is 24.3 Å². The molecule has 1 atom stereocenters. The Bertz CT molecular complexity index is 1070. The second-order valence-electron chi connectivity index (χ2n) is 7.21. The Morgan fingerprint density at radius 3 is 2.94 bits per heavy atom. The standard InChI is InChI=1S/C23H24N4O4/c1-30-11-9-25-22(28)18-13-20(26-19-7-3-2-6-17(18)19)21-15-27(10-12-31-21)23(29)16-5-4-8-24-14-16/h2-8,13-14,21H,9-12,15H2,1H3,(H,25,28)/t21-/m0/s1. The summed E-state index contributed by atoms with van der Waals surface area (Å²) in [5, 5.41) is 3.63. The van der Waals surface area contributed by atoms with Gasteiger partial charge < -0.3 is 19.7 Å². The molecule has 1 aliphatic heterocycles. The molecule has 1 aliphatic rings. The number of morpholine rings is 1. The summed E-state index contributed by atoms with van der Waals surface area (Å²) in [6, 6.07) is 12.7. The van der Waals surface area contributed by atoms with Gasteiger partial charge in [-0.3, -0.25) is 14.6 Å². The maximum absolute atomic E-state index is 12.8. The van der Waals surface area contributed by atoms with E-state index >= 15 is 0 Å². The lowest BCUT2D eigenvalue weighted by molar-refractivity contribution is -0.0246. The number of nitrogens with zero attached hydrogens (tertiary/aromatic N) is 3. The van der Waals surface area contributed by atoms with Crippen LogP contribution >= 0.6 is 0 Å². The Balaban J connectivity index is 1.61. The smallest absolute Gasteiger partial charge is 0.255 e. The number of carbonyl (C=O) groups excluding carboxylic acids is 2. The van der Waals surface area contributed by atoms with Crippen molar-refractivity contribution in [1.82, 2.24) is 20.2 Å². The van der Waals surface area contributed by atoms with Gasteiger partial charge in [-0.2, -0.15) is 0 Å². The van der Waals surface area contributed by atoms with Crippen molar-refractivity contribution in [1.29, 1.82) is 0 Å². The normalized spacial score (nSPS) is 16.3. The van der Waals surface area contributed by atoms with Crippen LogP contribution in [0.15, 0.2) is 54.9 Å². The Hall–Kier alpha value is -3.36. The lowest BCUT2D eigenvalue weighted by Crippen LogP contribution is -2.42. The molecule has 31 heavy (non-hydrogen) atoms. The van der Waals surface area contributed by atoms with Gasteiger partial charge in [0, 0.05) is 38.0 Å². The average molecular weight is 420 g/mol. The molecule has 0 unspecified atom stereocenters. The van der Waals surface area contributed by atoms with E-state index in [0.29, 0.717) is 55.2 Å². The van der Waals surface area contributed by atoms with Crippen LogP contribution in [-0.2, 0) is 9.47 Å². The lowest BCUT2D eigenvalue weighted by atomic mass is 10.0. The summed E-state index contributed by atoms with van der Waals surface area (Å²) < 4.78 is 11.0. The first-order chi connectivity index (χ1) is 15.2. The molecular formula is C23H24N4O4. The fraction of sp³-hybridized carbons (Fsp3) is 0.304. The highest BCUT2D eigenvalue weighted by molar-refractivity contribution is 6.06. The fourth-order valence-electron chi connectivity index (χ4n) is 3.60. The molecule has 1 fully saturated rings.